The van der Waals surface area contributed by atoms with Crippen molar-refractivity contribution in [3.63, 3.8) is 0 Å². The van der Waals surface area contributed by atoms with E-state index >= 15 is 0 Å². The number of hydrogen-bond donors (Lipinski definition) is 1. The van der Waals surface area contributed by atoms with Crippen molar-refractivity contribution in [2.24, 2.45) is 0 Å². The third kappa shape index (κ3) is 1.35. The van der Waals surface area contributed by atoms with Crippen LogP contribution in [0.4, 0.5) is 0 Å². The quantitative estimate of drug-likeness (QED) is 0.802. The van der Waals surface area contributed by atoms with Crippen LogP contribution < -0.4 is 5.56 Å². The van der Waals surface area contributed by atoms with Gasteiger partial charge in [-0.15, -0.1) is 0 Å². The Kier molecular flexibility index (Phi) is 2.33. The van der Waals surface area contributed by atoms with E-state index in [-0.39, 0.29) is 5.56 Å². The first-order valence-corrected chi connectivity index (χ1v) is 5.10. The zero-order valence-corrected chi connectivity index (χ0v) is 9.61. The number of aryl methyl sites for hydroxylation is 1. The third-order valence-corrected chi connectivity index (χ3v) is 3.08. The van der Waals surface area contributed by atoms with Gasteiger partial charge < -0.3 is 4.98 Å². The second-order valence-corrected chi connectivity index (χ2v) is 4.18. The van der Waals surface area contributed by atoms with Crippen LogP contribution in [0.15, 0.2) is 21.7 Å². The first-order chi connectivity index (χ1) is 6.61. The molecular weight excluding hydrogens is 267 g/mol. The van der Waals surface area contributed by atoms with Gasteiger partial charge in [0.1, 0.15) is 0 Å². The summed E-state index contributed by atoms with van der Waals surface area (Å²) < 4.78 is 0.778. The summed E-state index contributed by atoms with van der Waals surface area (Å²) in [6.07, 6.45) is 1.36. The van der Waals surface area contributed by atoms with E-state index in [0.29, 0.717) is 15.9 Å². The highest BCUT2D eigenvalue weighted by Crippen LogP contribution is 2.28. The Bertz CT molecular complexity index is 564. The van der Waals surface area contributed by atoms with E-state index in [9.17, 15) is 4.79 Å². The molecule has 0 bridgehead atoms. The van der Waals surface area contributed by atoms with E-state index in [1.807, 2.05) is 13.0 Å². The number of benzene rings is 1. The number of halogens is 2. The molecule has 0 unspecified atom stereocenters. The fourth-order valence-electron chi connectivity index (χ4n) is 1.30. The summed E-state index contributed by atoms with van der Waals surface area (Å²) >= 11 is 9.36. The fraction of sp³-hybridized carbons (Fsp3) is 0.111. The second-order valence-electron chi connectivity index (χ2n) is 2.94. The van der Waals surface area contributed by atoms with Gasteiger partial charge in [0.15, 0.2) is 0 Å². The number of H-pyrrole nitrogens is 1. The van der Waals surface area contributed by atoms with Crippen molar-refractivity contribution in [1.29, 1.82) is 0 Å². The summed E-state index contributed by atoms with van der Waals surface area (Å²) in [6, 6.07) is 1.84. The molecule has 2 aromatic rings. The van der Waals surface area contributed by atoms with Gasteiger partial charge in [0, 0.05) is 4.47 Å². The summed E-state index contributed by atoms with van der Waals surface area (Å²) in [7, 11) is 0. The zero-order chi connectivity index (χ0) is 10.3. The Morgan fingerprint density at radius 3 is 3.00 bits per heavy atom. The first-order valence-electron chi connectivity index (χ1n) is 3.93. The lowest BCUT2D eigenvalue weighted by atomic mass is 10.2. The Labute approximate surface area is 93.2 Å². The molecule has 72 valence electrons. The number of aromatic nitrogens is 2. The molecule has 1 aromatic heterocycles. The maximum Gasteiger partial charge on any atom is 0.260 e. The molecule has 3 nitrogen and oxygen atoms in total. The molecule has 0 aliphatic rings. The maximum absolute atomic E-state index is 11.5. The second kappa shape index (κ2) is 3.37. The average molecular weight is 274 g/mol. The van der Waals surface area contributed by atoms with Crippen molar-refractivity contribution in [3.8, 4) is 0 Å². The minimum Gasteiger partial charge on any atom is -0.313 e. The van der Waals surface area contributed by atoms with Crippen LogP contribution in [0.1, 0.15) is 5.56 Å². The van der Waals surface area contributed by atoms with Crippen molar-refractivity contribution < 1.29 is 0 Å². The minimum atomic E-state index is -0.218. The molecule has 2 rings (SSSR count). The van der Waals surface area contributed by atoms with E-state index in [4.69, 9.17) is 11.6 Å². The van der Waals surface area contributed by atoms with Gasteiger partial charge >= 0.3 is 0 Å². The molecule has 0 fully saturated rings. The van der Waals surface area contributed by atoms with E-state index in [1.54, 1.807) is 0 Å². The fourth-order valence-corrected chi connectivity index (χ4v) is 2.18. The van der Waals surface area contributed by atoms with Gasteiger partial charge in [-0.3, -0.25) is 4.79 Å². The van der Waals surface area contributed by atoms with Crippen molar-refractivity contribution in [2.45, 2.75) is 6.92 Å². The number of aromatic amines is 1. The lowest BCUT2D eigenvalue weighted by Crippen LogP contribution is -2.07. The predicted molar refractivity (Wildman–Crippen MR) is 59.8 cm³/mol. The van der Waals surface area contributed by atoms with Crippen molar-refractivity contribution >= 4 is 38.4 Å². The molecule has 0 aliphatic heterocycles. The topological polar surface area (TPSA) is 45.8 Å². The number of hydrogen-bond acceptors (Lipinski definition) is 2. The molecule has 0 saturated carbocycles. The summed E-state index contributed by atoms with van der Waals surface area (Å²) in [4.78, 5) is 18.1. The molecule has 0 aliphatic carbocycles. The molecule has 5 heteroatoms. The molecule has 1 heterocycles. The van der Waals surface area contributed by atoms with E-state index in [0.717, 1.165) is 10.0 Å². The van der Waals surface area contributed by atoms with Crippen LogP contribution in [0.5, 0.6) is 0 Å². The summed E-state index contributed by atoms with van der Waals surface area (Å²) in [6.45, 7) is 1.85. The summed E-state index contributed by atoms with van der Waals surface area (Å²) in [5, 5.41) is 0.888. The highest BCUT2D eigenvalue weighted by molar-refractivity contribution is 9.10. The Morgan fingerprint density at radius 1 is 1.57 bits per heavy atom. The van der Waals surface area contributed by atoms with Crippen LogP contribution >= 0.6 is 27.5 Å². The molecule has 0 amide bonds. The Balaban J connectivity index is 3.11. The van der Waals surface area contributed by atoms with Crippen LogP contribution in [0, 0.1) is 6.92 Å². The van der Waals surface area contributed by atoms with E-state index in [1.165, 1.54) is 6.33 Å². The van der Waals surface area contributed by atoms with Crippen LogP contribution in [0.3, 0.4) is 0 Å². The monoisotopic (exact) mass is 272 g/mol. The number of fused-ring (bicyclic) bond motifs is 1. The molecule has 0 spiro atoms. The molecule has 14 heavy (non-hydrogen) atoms. The molecule has 0 atom stereocenters. The predicted octanol–water partition coefficient (Wildman–Crippen LogP) is 2.65. The van der Waals surface area contributed by atoms with Crippen LogP contribution in [-0.4, -0.2) is 9.97 Å². The lowest BCUT2D eigenvalue weighted by molar-refractivity contribution is 1.17. The average Bonchev–Trinajstić information content (AvgIpc) is 2.14. The summed E-state index contributed by atoms with van der Waals surface area (Å²) in [5.41, 5.74) is 1.22. The molecule has 0 saturated heterocycles. The number of nitrogens with one attached hydrogen (secondary N) is 1. The van der Waals surface area contributed by atoms with Crippen LogP contribution in [0.2, 0.25) is 5.02 Å². The third-order valence-electron chi connectivity index (χ3n) is 1.99. The van der Waals surface area contributed by atoms with Crippen LogP contribution in [-0.2, 0) is 0 Å². The first kappa shape index (κ1) is 9.68. The van der Waals surface area contributed by atoms with Gasteiger partial charge in [-0.25, -0.2) is 4.98 Å². The number of rotatable bonds is 0. The normalized spacial score (nSPS) is 10.8. The number of nitrogens with zero attached hydrogens (tertiary/aromatic N) is 1. The van der Waals surface area contributed by atoms with Gasteiger partial charge in [-0.1, -0.05) is 11.6 Å². The van der Waals surface area contributed by atoms with Gasteiger partial charge in [0.05, 0.1) is 22.3 Å². The SMILES string of the molecule is Cc1cc(Br)c2nc[nH]c(=O)c2c1Cl. The van der Waals surface area contributed by atoms with Crippen molar-refractivity contribution in [2.75, 3.05) is 0 Å². The smallest absolute Gasteiger partial charge is 0.260 e. The van der Waals surface area contributed by atoms with E-state index in [2.05, 4.69) is 25.9 Å². The molecule has 0 radical (unpaired) electrons. The largest absolute Gasteiger partial charge is 0.313 e. The standard InChI is InChI=1S/C9H6BrClN2O/c1-4-2-5(10)8-6(7(4)11)9(14)13-3-12-8/h2-3H,1H3,(H,12,13,14). The Hall–Kier alpha value is -0.870. The highest BCUT2D eigenvalue weighted by Gasteiger charge is 2.10. The zero-order valence-electron chi connectivity index (χ0n) is 7.27. The Morgan fingerprint density at radius 2 is 2.29 bits per heavy atom. The van der Waals surface area contributed by atoms with Gasteiger partial charge in [0.2, 0.25) is 0 Å². The van der Waals surface area contributed by atoms with Gasteiger partial charge in [0.25, 0.3) is 5.56 Å². The maximum atomic E-state index is 11.5. The van der Waals surface area contributed by atoms with Crippen molar-refractivity contribution in [3.05, 3.63) is 37.8 Å². The van der Waals surface area contributed by atoms with E-state index < -0.39 is 0 Å². The molecule has 1 N–H and O–H groups in total. The lowest BCUT2D eigenvalue weighted by Gasteiger charge is -2.03. The molecular formula is C9H6BrClN2O. The summed E-state index contributed by atoms with van der Waals surface area (Å²) in [5.74, 6) is 0. The van der Waals surface area contributed by atoms with Gasteiger partial charge in [-0.2, -0.15) is 0 Å². The van der Waals surface area contributed by atoms with Gasteiger partial charge in [-0.05, 0) is 34.5 Å². The molecule has 1 aromatic carbocycles. The minimum absolute atomic E-state index is 0.218. The van der Waals surface area contributed by atoms with Crippen LogP contribution in [0.25, 0.3) is 10.9 Å². The van der Waals surface area contributed by atoms with Crippen molar-refractivity contribution in [1.82, 2.24) is 9.97 Å². The highest BCUT2D eigenvalue weighted by atomic mass is 79.9.